The summed E-state index contributed by atoms with van der Waals surface area (Å²) in [4.78, 5) is 22.4. The number of thioether (sulfide) groups is 1. The Kier molecular flexibility index (Phi) is 2.66. The SMILES string of the molecule is CSC1CCC2CNC(=O)c3cncnc3N21. The summed E-state index contributed by atoms with van der Waals surface area (Å²) in [5, 5.41) is 3.36. The highest BCUT2D eigenvalue weighted by Gasteiger charge is 2.38. The Morgan fingerprint density at radius 1 is 1.53 bits per heavy atom. The van der Waals surface area contributed by atoms with Crippen LogP contribution < -0.4 is 10.2 Å². The van der Waals surface area contributed by atoms with E-state index in [0.717, 1.165) is 18.7 Å². The lowest BCUT2D eigenvalue weighted by atomic mass is 10.2. The molecule has 1 saturated heterocycles. The molecule has 5 nitrogen and oxygen atoms in total. The van der Waals surface area contributed by atoms with Crippen LogP contribution in [0.25, 0.3) is 0 Å². The molecule has 1 aromatic rings. The van der Waals surface area contributed by atoms with Gasteiger partial charge in [-0.2, -0.15) is 0 Å². The van der Waals surface area contributed by atoms with E-state index in [2.05, 4.69) is 26.4 Å². The minimum atomic E-state index is -0.0603. The monoisotopic (exact) mass is 250 g/mol. The summed E-state index contributed by atoms with van der Waals surface area (Å²) in [6.07, 6.45) is 7.48. The van der Waals surface area contributed by atoms with Gasteiger partial charge in [-0.05, 0) is 19.1 Å². The average molecular weight is 250 g/mol. The second-order valence-electron chi connectivity index (χ2n) is 4.30. The van der Waals surface area contributed by atoms with Gasteiger partial charge in [-0.15, -0.1) is 11.8 Å². The quantitative estimate of drug-likeness (QED) is 0.801. The van der Waals surface area contributed by atoms with Crippen molar-refractivity contribution in [2.24, 2.45) is 0 Å². The van der Waals surface area contributed by atoms with Crippen molar-refractivity contribution in [2.75, 3.05) is 17.7 Å². The summed E-state index contributed by atoms with van der Waals surface area (Å²) >= 11 is 1.82. The van der Waals surface area contributed by atoms with Crippen LogP contribution in [0.4, 0.5) is 5.82 Å². The van der Waals surface area contributed by atoms with Crippen LogP contribution in [0.3, 0.4) is 0 Å². The molecule has 1 N–H and O–H groups in total. The van der Waals surface area contributed by atoms with Crippen LogP contribution in [0.2, 0.25) is 0 Å². The number of anilines is 1. The number of amides is 1. The van der Waals surface area contributed by atoms with Crippen molar-refractivity contribution in [1.29, 1.82) is 0 Å². The van der Waals surface area contributed by atoms with Gasteiger partial charge in [0.1, 0.15) is 17.7 Å². The molecule has 0 radical (unpaired) electrons. The first kappa shape index (κ1) is 10.8. The molecule has 1 amide bonds. The zero-order chi connectivity index (χ0) is 11.8. The van der Waals surface area contributed by atoms with Gasteiger partial charge in [0.25, 0.3) is 5.91 Å². The molecular formula is C11H14N4OS. The number of carbonyl (C=O) groups is 1. The largest absolute Gasteiger partial charge is 0.350 e. The third-order valence-electron chi connectivity index (χ3n) is 3.40. The standard InChI is InChI=1S/C11H14N4OS/c1-17-9-3-2-7-4-13-11(16)8-5-12-6-14-10(8)15(7)9/h5-7,9H,2-4H2,1H3,(H,13,16). The van der Waals surface area contributed by atoms with Gasteiger partial charge < -0.3 is 10.2 Å². The number of hydrogen-bond acceptors (Lipinski definition) is 5. The van der Waals surface area contributed by atoms with Crippen LogP contribution in [0.15, 0.2) is 12.5 Å². The summed E-state index contributed by atoms with van der Waals surface area (Å²) < 4.78 is 0. The fourth-order valence-corrected chi connectivity index (χ4v) is 3.46. The van der Waals surface area contributed by atoms with Gasteiger partial charge in [-0.3, -0.25) is 4.79 Å². The maximum atomic E-state index is 11.9. The molecule has 1 fully saturated rings. The molecule has 0 aromatic carbocycles. The lowest BCUT2D eigenvalue weighted by molar-refractivity contribution is 0.0955. The number of fused-ring (bicyclic) bond motifs is 3. The second-order valence-corrected chi connectivity index (χ2v) is 5.31. The predicted octanol–water partition coefficient (Wildman–Crippen LogP) is 0.878. The first-order chi connectivity index (χ1) is 8.31. The number of nitrogens with zero attached hydrogens (tertiary/aromatic N) is 3. The number of carbonyl (C=O) groups excluding carboxylic acids is 1. The molecule has 0 saturated carbocycles. The molecule has 90 valence electrons. The van der Waals surface area contributed by atoms with E-state index in [4.69, 9.17) is 0 Å². The third kappa shape index (κ3) is 1.67. The van der Waals surface area contributed by atoms with Crippen molar-refractivity contribution in [1.82, 2.24) is 15.3 Å². The van der Waals surface area contributed by atoms with Gasteiger partial charge in [-0.1, -0.05) is 0 Å². The Balaban J connectivity index is 2.09. The summed E-state index contributed by atoms with van der Waals surface area (Å²) in [6, 6.07) is 0.368. The highest BCUT2D eigenvalue weighted by Crippen LogP contribution is 2.36. The van der Waals surface area contributed by atoms with E-state index in [1.165, 1.54) is 6.33 Å². The minimum absolute atomic E-state index is 0.0603. The van der Waals surface area contributed by atoms with Gasteiger partial charge in [0.2, 0.25) is 0 Å². The van der Waals surface area contributed by atoms with E-state index in [-0.39, 0.29) is 5.91 Å². The van der Waals surface area contributed by atoms with Crippen LogP contribution in [0, 0.1) is 0 Å². The number of rotatable bonds is 1. The van der Waals surface area contributed by atoms with Crippen molar-refractivity contribution in [3.63, 3.8) is 0 Å². The molecule has 0 aliphatic carbocycles. The summed E-state index contributed by atoms with van der Waals surface area (Å²) in [5.41, 5.74) is 0.593. The fourth-order valence-electron chi connectivity index (χ4n) is 2.58. The van der Waals surface area contributed by atoms with E-state index >= 15 is 0 Å². The summed E-state index contributed by atoms with van der Waals surface area (Å²) in [6.45, 7) is 0.701. The van der Waals surface area contributed by atoms with Gasteiger partial charge in [0.05, 0.1) is 5.37 Å². The van der Waals surface area contributed by atoms with Gasteiger partial charge in [0.15, 0.2) is 0 Å². The first-order valence-corrected chi connectivity index (χ1v) is 6.99. The highest BCUT2D eigenvalue weighted by atomic mass is 32.2. The van der Waals surface area contributed by atoms with Crippen molar-refractivity contribution in [2.45, 2.75) is 24.3 Å². The molecule has 1 aromatic heterocycles. The number of aromatic nitrogens is 2. The molecule has 3 heterocycles. The molecule has 2 unspecified atom stereocenters. The lowest BCUT2D eigenvalue weighted by Crippen LogP contribution is -2.39. The van der Waals surface area contributed by atoms with E-state index in [1.807, 2.05) is 11.8 Å². The molecule has 2 aliphatic heterocycles. The zero-order valence-corrected chi connectivity index (χ0v) is 10.4. The Hall–Kier alpha value is -1.30. The summed E-state index contributed by atoms with van der Waals surface area (Å²) in [5.74, 6) is 0.728. The zero-order valence-electron chi connectivity index (χ0n) is 9.59. The van der Waals surface area contributed by atoms with Gasteiger partial charge in [-0.25, -0.2) is 9.97 Å². The van der Waals surface area contributed by atoms with Gasteiger partial charge in [0, 0.05) is 18.8 Å². The molecule has 2 atom stereocenters. The summed E-state index contributed by atoms with van der Waals surface area (Å²) in [7, 11) is 0. The highest BCUT2D eigenvalue weighted by molar-refractivity contribution is 7.99. The van der Waals surface area contributed by atoms with E-state index < -0.39 is 0 Å². The van der Waals surface area contributed by atoms with Crippen molar-refractivity contribution in [3.8, 4) is 0 Å². The molecule has 3 rings (SSSR count). The Labute approximate surface area is 104 Å². The van der Waals surface area contributed by atoms with Crippen LogP contribution in [0.1, 0.15) is 23.2 Å². The maximum absolute atomic E-state index is 11.9. The Morgan fingerprint density at radius 3 is 3.24 bits per heavy atom. The van der Waals surface area contributed by atoms with Crippen LogP contribution in [-0.4, -0.2) is 40.1 Å². The van der Waals surface area contributed by atoms with Crippen molar-refractivity contribution < 1.29 is 4.79 Å². The lowest BCUT2D eigenvalue weighted by Gasteiger charge is -2.29. The number of hydrogen-bond donors (Lipinski definition) is 1. The van der Waals surface area contributed by atoms with E-state index in [1.54, 1.807) is 6.20 Å². The average Bonchev–Trinajstić information content (AvgIpc) is 2.72. The molecule has 0 bridgehead atoms. The molecular weight excluding hydrogens is 236 g/mol. The predicted molar refractivity (Wildman–Crippen MR) is 67.2 cm³/mol. The third-order valence-corrected chi connectivity index (χ3v) is 4.41. The van der Waals surface area contributed by atoms with Crippen molar-refractivity contribution in [3.05, 3.63) is 18.1 Å². The van der Waals surface area contributed by atoms with E-state index in [9.17, 15) is 4.79 Å². The first-order valence-electron chi connectivity index (χ1n) is 5.70. The van der Waals surface area contributed by atoms with Crippen LogP contribution in [0.5, 0.6) is 0 Å². The fraction of sp³-hybridized carbons (Fsp3) is 0.545. The van der Waals surface area contributed by atoms with Crippen LogP contribution in [-0.2, 0) is 0 Å². The number of nitrogens with one attached hydrogen (secondary N) is 1. The molecule has 0 spiro atoms. The second kappa shape index (κ2) is 4.18. The van der Waals surface area contributed by atoms with Crippen LogP contribution >= 0.6 is 11.8 Å². The maximum Gasteiger partial charge on any atom is 0.256 e. The molecule has 6 heteroatoms. The molecule has 17 heavy (non-hydrogen) atoms. The normalized spacial score (nSPS) is 27.1. The topological polar surface area (TPSA) is 58.1 Å². The Bertz CT molecular complexity index is 453. The van der Waals surface area contributed by atoms with Crippen molar-refractivity contribution >= 4 is 23.5 Å². The van der Waals surface area contributed by atoms with Gasteiger partial charge >= 0.3 is 0 Å². The van der Waals surface area contributed by atoms with E-state index in [0.29, 0.717) is 23.5 Å². The minimum Gasteiger partial charge on any atom is -0.350 e. The molecule has 2 aliphatic rings. The Morgan fingerprint density at radius 2 is 2.41 bits per heavy atom. The smallest absolute Gasteiger partial charge is 0.256 e.